The Morgan fingerprint density at radius 3 is 2.43 bits per heavy atom. The van der Waals surface area contributed by atoms with E-state index in [1.165, 1.54) is 12.1 Å². The highest BCUT2D eigenvalue weighted by Crippen LogP contribution is 2.17. The molecule has 1 N–H and O–H groups in total. The van der Waals surface area contributed by atoms with E-state index < -0.39 is 6.61 Å². The Bertz CT molecular complexity index is 535. The zero-order valence-electron chi connectivity index (χ0n) is 12.0. The number of hydrogen-bond donors (Lipinski definition) is 1. The maximum atomic E-state index is 12.2. The number of halogens is 2. The van der Waals surface area contributed by atoms with Crippen molar-refractivity contribution in [2.45, 2.75) is 20.1 Å². The van der Waals surface area contributed by atoms with Crippen molar-refractivity contribution in [3.63, 3.8) is 0 Å². The van der Waals surface area contributed by atoms with Crippen LogP contribution in [-0.2, 0) is 11.3 Å². The molecule has 0 aliphatic carbocycles. The van der Waals surface area contributed by atoms with Gasteiger partial charge < -0.3 is 15.0 Å². The highest BCUT2D eigenvalue weighted by molar-refractivity contribution is 5.93. The predicted octanol–water partition coefficient (Wildman–Crippen LogP) is 2.17. The van der Waals surface area contributed by atoms with Crippen molar-refractivity contribution in [2.24, 2.45) is 0 Å². The molecule has 0 radical (unpaired) electrons. The van der Waals surface area contributed by atoms with Crippen molar-refractivity contribution in [3.8, 4) is 5.75 Å². The van der Waals surface area contributed by atoms with E-state index in [-0.39, 0.29) is 11.7 Å². The Morgan fingerprint density at radius 2 is 1.95 bits per heavy atom. The van der Waals surface area contributed by atoms with Crippen molar-refractivity contribution >= 4 is 5.91 Å². The summed E-state index contributed by atoms with van der Waals surface area (Å²) in [6, 6.07) is 6.30. The molecule has 1 aliphatic heterocycles. The van der Waals surface area contributed by atoms with E-state index in [1.54, 1.807) is 24.1 Å². The smallest absolute Gasteiger partial charge is 0.387 e. The van der Waals surface area contributed by atoms with Gasteiger partial charge in [0.15, 0.2) is 0 Å². The molecule has 114 valence electrons. The lowest BCUT2D eigenvalue weighted by Crippen LogP contribution is -2.38. The van der Waals surface area contributed by atoms with Crippen LogP contribution in [0.3, 0.4) is 0 Å². The SMILES string of the molecule is CC(C(=O)N(C)Cc1ccc(OC(F)F)cc1)=C1CNC1. The van der Waals surface area contributed by atoms with Gasteiger partial charge in [-0.15, -0.1) is 0 Å². The molecule has 0 atom stereocenters. The summed E-state index contributed by atoms with van der Waals surface area (Å²) in [6.45, 7) is 0.960. The largest absolute Gasteiger partial charge is 0.435 e. The summed E-state index contributed by atoms with van der Waals surface area (Å²) in [5.41, 5.74) is 2.76. The molecular weight excluding hydrogens is 278 g/mol. The van der Waals surface area contributed by atoms with Gasteiger partial charge in [0.1, 0.15) is 5.75 Å². The van der Waals surface area contributed by atoms with Crippen LogP contribution in [0.15, 0.2) is 35.4 Å². The fraction of sp³-hybridized carbons (Fsp3) is 0.400. The minimum atomic E-state index is -2.83. The van der Waals surface area contributed by atoms with Gasteiger partial charge in [0.05, 0.1) is 0 Å². The van der Waals surface area contributed by atoms with Crippen LogP contribution in [0, 0.1) is 0 Å². The van der Waals surface area contributed by atoms with Gasteiger partial charge in [-0.25, -0.2) is 0 Å². The number of benzene rings is 1. The van der Waals surface area contributed by atoms with Gasteiger partial charge in [0.25, 0.3) is 0 Å². The Balaban J connectivity index is 1.96. The number of rotatable bonds is 5. The molecule has 1 saturated heterocycles. The summed E-state index contributed by atoms with van der Waals surface area (Å²) in [5.74, 6) is 0.0981. The number of carbonyl (C=O) groups is 1. The Labute approximate surface area is 122 Å². The van der Waals surface area contributed by atoms with E-state index in [9.17, 15) is 13.6 Å². The molecule has 0 unspecified atom stereocenters. The molecule has 2 rings (SSSR count). The first-order valence-corrected chi connectivity index (χ1v) is 6.66. The number of amides is 1. The van der Waals surface area contributed by atoms with E-state index in [2.05, 4.69) is 10.1 Å². The molecule has 1 aliphatic rings. The monoisotopic (exact) mass is 296 g/mol. The highest BCUT2D eigenvalue weighted by Gasteiger charge is 2.19. The maximum Gasteiger partial charge on any atom is 0.387 e. The topological polar surface area (TPSA) is 41.6 Å². The van der Waals surface area contributed by atoms with Crippen LogP contribution >= 0.6 is 0 Å². The van der Waals surface area contributed by atoms with Crippen LogP contribution in [-0.4, -0.2) is 37.6 Å². The molecule has 1 heterocycles. The normalized spacial score (nSPS) is 13.9. The average Bonchev–Trinajstić information content (AvgIpc) is 2.37. The maximum absolute atomic E-state index is 12.2. The molecule has 6 heteroatoms. The van der Waals surface area contributed by atoms with Gasteiger partial charge in [-0.2, -0.15) is 8.78 Å². The molecule has 0 saturated carbocycles. The van der Waals surface area contributed by atoms with Crippen LogP contribution in [0.1, 0.15) is 12.5 Å². The molecule has 0 aromatic heterocycles. The second-order valence-corrected chi connectivity index (χ2v) is 5.02. The molecule has 1 aromatic carbocycles. The fourth-order valence-electron chi connectivity index (χ4n) is 2.07. The first-order valence-electron chi connectivity index (χ1n) is 6.66. The molecule has 1 aromatic rings. The average molecular weight is 296 g/mol. The van der Waals surface area contributed by atoms with Crippen molar-refractivity contribution in [3.05, 3.63) is 41.0 Å². The lowest BCUT2D eigenvalue weighted by Gasteiger charge is -2.24. The van der Waals surface area contributed by atoms with E-state index in [1.807, 2.05) is 6.92 Å². The summed E-state index contributed by atoms with van der Waals surface area (Å²) < 4.78 is 28.4. The van der Waals surface area contributed by atoms with E-state index in [0.29, 0.717) is 6.54 Å². The quantitative estimate of drug-likeness (QED) is 0.847. The number of hydrogen-bond acceptors (Lipinski definition) is 3. The number of alkyl halides is 2. The number of likely N-dealkylation sites (N-methyl/N-ethyl adjacent to an activating group) is 1. The van der Waals surface area contributed by atoms with Gasteiger partial charge in [-0.3, -0.25) is 4.79 Å². The summed E-state index contributed by atoms with van der Waals surface area (Å²) in [7, 11) is 1.72. The molecule has 1 fully saturated rings. The minimum absolute atomic E-state index is 0.0144. The van der Waals surface area contributed by atoms with Gasteiger partial charge in [-0.05, 0) is 30.2 Å². The van der Waals surface area contributed by atoms with Crippen LogP contribution in [0.2, 0.25) is 0 Å². The van der Waals surface area contributed by atoms with E-state index >= 15 is 0 Å². The first-order chi connectivity index (χ1) is 9.97. The lowest BCUT2D eigenvalue weighted by molar-refractivity contribution is -0.126. The Kier molecular flexibility index (Phi) is 4.90. The zero-order chi connectivity index (χ0) is 15.4. The summed E-state index contributed by atoms with van der Waals surface area (Å²) in [6.07, 6.45) is 0. The van der Waals surface area contributed by atoms with Crippen molar-refractivity contribution in [1.82, 2.24) is 10.2 Å². The second-order valence-electron chi connectivity index (χ2n) is 5.02. The van der Waals surface area contributed by atoms with E-state index in [4.69, 9.17) is 0 Å². The number of carbonyl (C=O) groups excluding carboxylic acids is 1. The van der Waals surface area contributed by atoms with Crippen molar-refractivity contribution in [2.75, 3.05) is 20.1 Å². The lowest BCUT2D eigenvalue weighted by atomic mass is 10.0. The molecular formula is C15H18F2N2O2. The minimum Gasteiger partial charge on any atom is -0.435 e. The Morgan fingerprint density at radius 1 is 1.33 bits per heavy atom. The Hall–Kier alpha value is -1.95. The van der Waals surface area contributed by atoms with Gasteiger partial charge >= 0.3 is 6.61 Å². The fourth-order valence-corrected chi connectivity index (χ4v) is 2.07. The van der Waals surface area contributed by atoms with Gasteiger partial charge in [-0.1, -0.05) is 12.1 Å². The summed E-state index contributed by atoms with van der Waals surface area (Å²) in [5, 5.41) is 3.10. The third-order valence-electron chi connectivity index (χ3n) is 3.44. The first kappa shape index (κ1) is 15.4. The zero-order valence-corrected chi connectivity index (χ0v) is 12.0. The van der Waals surface area contributed by atoms with Gasteiger partial charge in [0.2, 0.25) is 5.91 Å². The highest BCUT2D eigenvalue weighted by atomic mass is 19.3. The standard InChI is InChI=1S/C15H18F2N2O2/c1-10(12-7-18-8-12)14(20)19(2)9-11-3-5-13(6-4-11)21-15(16)17/h3-6,15,18H,7-9H2,1-2H3. The number of nitrogens with one attached hydrogen (secondary N) is 1. The predicted molar refractivity (Wildman–Crippen MR) is 75.1 cm³/mol. The third kappa shape index (κ3) is 4.01. The number of ether oxygens (including phenoxy) is 1. The van der Waals surface area contributed by atoms with Crippen LogP contribution in [0.5, 0.6) is 5.75 Å². The third-order valence-corrected chi connectivity index (χ3v) is 3.44. The van der Waals surface area contributed by atoms with Crippen LogP contribution in [0.25, 0.3) is 0 Å². The second kappa shape index (κ2) is 6.67. The molecule has 1 amide bonds. The van der Waals surface area contributed by atoms with E-state index in [0.717, 1.165) is 29.8 Å². The molecule has 21 heavy (non-hydrogen) atoms. The molecule has 0 spiro atoms. The van der Waals surface area contributed by atoms with Crippen molar-refractivity contribution < 1.29 is 18.3 Å². The van der Waals surface area contributed by atoms with Crippen LogP contribution < -0.4 is 10.1 Å². The van der Waals surface area contributed by atoms with Gasteiger partial charge in [0, 0.05) is 32.3 Å². The van der Waals surface area contributed by atoms with Crippen molar-refractivity contribution in [1.29, 1.82) is 0 Å². The number of nitrogens with zero attached hydrogens (tertiary/aromatic N) is 1. The van der Waals surface area contributed by atoms with Crippen LogP contribution in [0.4, 0.5) is 8.78 Å². The summed E-state index contributed by atoms with van der Waals surface area (Å²) in [4.78, 5) is 13.8. The summed E-state index contributed by atoms with van der Waals surface area (Å²) >= 11 is 0. The molecule has 0 bridgehead atoms. The molecule has 4 nitrogen and oxygen atoms in total.